The molecule has 28 heavy (non-hydrogen) atoms. The fraction of sp³-hybridized carbons (Fsp3) is 0.391. The Morgan fingerprint density at radius 3 is 2.54 bits per heavy atom. The van der Waals surface area contributed by atoms with Crippen LogP contribution in [0.25, 0.3) is 0 Å². The van der Waals surface area contributed by atoms with Gasteiger partial charge in [-0.1, -0.05) is 26.0 Å². The third-order valence-corrected chi connectivity index (χ3v) is 5.40. The van der Waals surface area contributed by atoms with Gasteiger partial charge in [-0.25, -0.2) is 4.39 Å². The van der Waals surface area contributed by atoms with E-state index < -0.39 is 0 Å². The van der Waals surface area contributed by atoms with E-state index in [2.05, 4.69) is 19.9 Å². The van der Waals surface area contributed by atoms with Crippen molar-refractivity contribution in [1.29, 1.82) is 0 Å². The first-order valence-electron chi connectivity index (χ1n) is 9.79. The molecule has 2 aromatic rings. The molecule has 0 aromatic heterocycles. The minimum atomic E-state index is -0.367. The summed E-state index contributed by atoms with van der Waals surface area (Å²) in [5.41, 5.74) is 2.51. The summed E-state index contributed by atoms with van der Waals surface area (Å²) in [6.07, 6.45) is 1.55. The Hall–Kier alpha value is -2.69. The average molecular weight is 382 g/mol. The van der Waals surface area contributed by atoms with Crippen molar-refractivity contribution in [3.63, 3.8) is 0 Å². The van der Waals surface area contributed by atoms with Crippen LogP contribution in [-0.4, -0.2) is 36.9 Å². The number of amides is 2. The number of benzene rings is 2. The number of anilines is 1. The van der Waals surface area contributed by atoms with Gasteiger partial charge >= 0.3 is 0 Å². The number of halogens is 1. The minimum absolute atomic E-state index is 0.0255. The Balaban J connectivity index is 1.71. The number of hydrogen-bond donors (Lipinski definition) is 0. The maximum Gasteiger partial charge on any atom is 0.253 e. The topological polar surface area (TPSA) is 40.6 Å². The molecule has 2 amide bonds. The fourth-order valence-corrected chi connectivity index (χ4v) is 3.63. The summed E-state index contributed by atoms with van der Waals surface area (Å²) in [5.74, 6) is -0.333. The Labute approximate surface area is 166 Å². The van der Waals surface area contributed by atoms with Gasteiger partial charge in [0.25, 0.3) is 5.91 Å². The van der Waals surface area contributed by atoms with Crippen LogP contribution in [0, 0.1) is 11.7 Å². The van der Waals surface area contributed by atoms with E-state index in [9.17, 15) is 14.0 Å². The number of hydrogen-bond acceptors (Lipinski definition) is 2. The summed E-state index contributed by atoms with van der Waals surface area (Å²) in [6, 6.07) is 13.6. The lowest BCUT2D eigenvalue weighted by molar-refractivity contribution is -0.123. The quantitative estimate of drug-likeness (QED) is 0.783. The van der Waals surface area contributed by atoms with Crippen LogP contribution in [0.3, 0.4) is 0 Å². The van der Waals surface area contributed by atoms with E-state index in [1.807, 2.05) is 18.2 Å². The van der Waals surface area contributed by atoms with Gasteiger partial charge in [-0.15, -0.1) is 0 Å². The monoisotopic (exact) mass is 382 g/mol. The molecular weight excluding hydrogens is 355 g/mol. The molecule has 0 saturated carbocycles. The lowest BCUT2D eigenvalue weighted by atomic mass is 9.95. The van der Waals surface area contributed by atoms with Gasteiger partial charge in [0.2, 0.25) is 5.91 Å². The molecule has 0 bridgehead atoms. The predicted octanol–water partition coefficient (Wildman–Crippen LogP) is 4.46. The van der Waals surface area contributed by atoms with Crippen molar-refractivity contribution in [1.82, 2.24) is 4.90 Å². The molecule has 1 saturated heterocycles. The Kier molecular flexibility index (Phi) is 6.12. The summed E-state index contributed by atoms with van der Waals surface area (Å²) in [5, 5.41) is 0. The highest BCUT2D eigenvalue weighted by Crippen LogP contribution is 2.25. The summed E-state index contributed by atoms with van der Waals surface area (Å²) >= 11 is 0. The Morgan fingerprint density at radius 1 is 1.14 bits per heavy atom. The lowest BCUT2D eigenvalue weighted by Gasteiger charge is -2.34. The van der Waals surface area contributed by atoms with Crippen molar-refractivity contribution in [3.05, 3.63) is 65.5 Å². The number of rotatable bonds is 4. The standard InChI is InChI=1S/C23H27FN2O2/c1-16(2)18-6-4-8-21(14-18)25(3)22(27)19-7-5-13-26(15-19)23(28)17-9-11-20(24)12-10-17/h4,6,8-12,14,16,19H,5,7,13,15H2,1-3H3. The van der Waals surface area contributed by atoms with E-state index in [4.69, 9.17) is 0 Å². The number of piperidine rings is 1. The zero-order valence-corrected chi connectivity index (χ0v) is 16.7. The largest absolute Gasteiger partial charge is 0.338 e. The maximum atomic E-state index is 13.1. The van der Waals surface area contributed by atoms with Crippen LogP contribution in [0.2, 0.25) is 0 Å². The molecule has 3 rings (SSSR count). The first-order chi connectivity index (χ1) is 13.4. The summed E-state index contributed by atoms with van der Waals surface area (Å²) in [7, 11) is 1.79. The fourth-order valence-electron chi connectivity index (χ4n) is 3.63. The van der Waals surface area contributed by atoms with Gasteiger partial charge in [-0.2, -0.15) is 0 Å². The van der Waals surface area contributed by atoms with E-state index in [-0.39, 0.29) is 23.5 Å². The van der Waals surface area contributed by atoms with Crippen molar-refractivity contribution >= 4 is 17.5 Å². The van der Waals surface area contributed by atoms with Crippen molar-refractivity contribution < 1.29 is 14.0 Å². The van der Waals surface area contributed by atoms with Crippen molar-refractivity contribution in [2.75, 3.05) is 25.0 Å². The van der Waals surface area contributed by atoms with Crippen LogP contribution >= 0.6 is 0 Å². The molecule has 0 spiro atoms. The Bertz CT molecular complexity index is 848. The molecule has 5 heteroatoms. The van der Waals surface area contributed by atoms with E-state index >= 15 is 0 Å². The molecule has 1 aliphatic heterocycles. The molecule has 1 heterocycles. The van der Waals surface area contributed by atoms with E-state index in [1.165, 1.54) is 29.8 Å². The van der Waals surface area contributed by atoms with Crippen molar-refractivity contribution in [3.8, 4) is 0 Å². The van der Waals surface area contributed by atoms with Gasteiger partial charge in [0, 0.05) is 31.4 Å². The van der Waals surface area contributed by atoms with Gasteiger partial charge in [-0.3, -0.25) is 9.59 Å². The second-order valence-corrected chi connectivity index (χ2v) is 7.74. The highest BCUT2D eigenvalue weighted by molar-refractivity contribution is 5.97. The molecular formula is C23H27FN2O2. The number of carbonyl (C=O) groups excluding carboxylic acids is 2. The highest BCUT2D eigenvalue weighted by Gasteiger charge is 2.31. The molecule has 1 unspecified atom stereocenters. The molecule has 0 radical (unpaired) electrons. The zero-order chi connectivity index (χ0) is 20.3. The zero-order valence-electron chi connectivity index (χ0n) is 16.7. The maximum absolute atomic E-state index is 13.1. The minimum Gasteiger partial charge on any atom is -0.338 e. The molecule has 0 aliphatic carbocycles. The van der Waals surface area contributed by atoms with Gasteiger partial charge in [0.15, 0.2) is 0 Å². The first kappa shape index (κ1) is 20.1. The molecule has 1 aliphatic rings. The summed E-state index contributed by atoms with van der Waals surface area (Å²) in [4.78, 5) is 29.2. The molecule has 1 atom stereocenters. The third kappa shape index (κ3) is 4.41. The van der Waals surface area contributed by atoms with Gasteiger partial charge < -0.3 is 9.80 Å². The number of carbonyl (C=O) groups is 2. The van der Waals surface area contributed by atoms with E-state index in [0.29, 0.717) is 24.6 Å². The van der Waals surface area contributed by atoms with Gasteiger partial charge in [-0.05, 0) is 60.7 Å². The smallest absolute Gasteiger partial charge is 0.253 e. The second-order valence-electron chi connectivity index (χ2n) is 7.74. The summed E-state index contributed by atoms with van der Waals surface area (Å²) < 4.78 is 13.1. The van der Waals surface area contributed by atoms with Crippen molar-refractivity contribution in [2.24, 2.45) is 5.92 Å². The number of likely N-dealkylation sites (tertiary alicyclic amines) is 1. The molecule has 148 valence electrons. The van der Waals surface area contributed by atoms with Crippen LogP contribution < -0.4 is 4.90 Å². The van der Waals surface area contributed by atoms with Crippen LogP contribution in [0.5, 0.6) is 0 Å². The normalized spacial score (nSPS) is 16.9. The van der Waals surface area contributed by atoms with Crippen LogP contribution in [0.4, 0.5) is 10.1 Å². The molecule has 0 N–H and O–H groups in total. The van der Waals surface area contributed by atoms with Gasteiger partial charge in [0.05, 0.1) is 5.92 Å². The Morgan fingerprint density at radius 2 is 1.86 bits per heavy atom. The highest BCUT2D eigenvalue weighted by atomic mass is 19.1. The third-order valence-electron chi connectivity index (χ3n) is 5.40. The van der Waals surface area contributed by atoms with Crippen LogP contribution in [0.1, 0.15) is 48.5 Å². The molecule has 4 nitrogen and oxygen atoms in total. The van der Waals surface area contributed by atoms with Crippen LogP contribution in [-0.2, 0) is 4.79 Å². The second kappa shape index (κ2) is 8.55. The van der Waals surface area contributed by atoms with Crippen molar-refractivity contribution in [2.45, 2.75) is 32.6 Å². The first-order valence-corrected chi connectivity index (χ1v) is 9.79. The number of nitrogens with zero attached hydrogens (tertiary/aromatic N) is 2. The lowest BCUT2D eigenvalue weighted by Crippen LogP contribution is -2.46. The van der Waals surface area contributed by atoms with Crippen LogP contribution in [0.15, 0.2) is 48.5 Å². The molecule has 1 fully saturated rings. The average Bonchev–Trinajstić information content (AvgIpc) is 2.73. The summed E-state index contributed by atoms with van der Waals surface area (Å²) in [6.45, 7) is 5.26. The SMILES string of the molecule is CC(C)c1cccc(N(C)C(=O)C2CCCN(C(=O)c3ccc(F)cc3)C2)c1. The predicted molar refractivity (Wildman–Crippen MR) is 109 cm³/mol. The van der Waals surface area contributed by atoms with E-state index in [0.717, 1.165) is 18.5 Å². The van der Waals surface area contributed by atoms with Gasteiger partial charge in [0.1, 0.15) is 5.82 Å². The molecule has 2 aromatic carbocycles. The van der Waals surface area contributed by atoms with E-state index in [1.54, 1.807) is 16.8 Å².